The third-order valence-electron chi connectivity index (χ3n) is 3.37. The fourth-order valence-corrected chi connectivity index (χ4v) is 2.32. The number of amides is 1. The van der Waals surface area contributed by atoms with Crippen molar-refractivity contribution in [1.29, 1.82) is 0 Å². The summed E-state index contributed by atoms with van der Waals surface area (Å²) in [5.74, 6) is 0.0886. The third kappa shape index (κ3) is 2.93. The molecule has 1 N–H and O–H groups in total. The maximum absolute atomic E-state index is 12.2. The SMILES string of the molecule is CC(NC(=O)c1cc2ccccc2o1)c1ccc(Cl)cc1. The van der Waals surface area contributed by atoms with Crippen molar-refractivity contribution in [3.05, 3.63) is 70.9 Å². The van der Waals surface area contributed by atoms with Crippen LogP contribution in [0.2, 0.25) is 5.02 Å². The zero-order valence-electron chi connectivity index (χ0n) is 11.5. The Morgan fingerprint density at radius 2 is 1.86 bits per heavy atom. The average Bonchev–Trinajstić information content (AvgIpc) is 2.92. The predicted molar refractivity (Wildman–Crippen MR) is 83.5 cm³/mol. The minimum Gasteiger partial charge on any atom is -0.451 e. The summed E-state index contributed by atoms with van der Waals surface area (Å²) in [6, 6.07) is 16.6. The molecular weight excluding hydrogens is 286 g/mol. The lowest BCUT2D eigenvalue weighted by atomic mass is 10.1. The van der Waals surface area contributed by atoms with Gasteiger partial charge in [0.25, 0.3) is 5.91 Å². The first kappa shape index (κ1) is 13.7. The number of para-hydroxylation sites is 1. The lowest BCUT2D eigenvalue weighted by molar-refractivity contribution is 0.0914. The molecule has 1 amide bonds. The molecule has 1 aromatic heterocycles. The van der Waals surface area contributed by atoms with Crippen LogP contribution in [0.4, 0.5) is 0 Å². The van der Waals surface area contributed by atoms with E-state index in [2.05, 4.69) is 5.32 Å². The Morgan fingerprint density at radius 1 is 1.14 bits per heavy atom. The maximum Gasteiger partial charge on any atom is 0.287 e. The molecule has 3 rings (SSSR count). The number of hydrogen-bond donors (Lipinski definition) is 1. The van der Waals surface area contributed by atoms with Crippen molar-refractivity contribution in [2.24, 2.45) is 0 Å². The molecule has 3 nitrogen and oxygen atoms in total. The summed E-state index contributed by atoms with van der Waals surface area (Å²) in [5, 5.41) is 4.51. The Balaban J connectivity index is 1.77. The maximum atomic E-state index is 12.2. The summed E-state index contributed by atoms with van der Waals surface area (Å²) in [5.41, 5.74) is 1.70. The molecule has 0 saturated carbocycles. The van der Waals surface area contributed by atoms with E-state index in [1.807, 2.05) is 43.3 Å². The molecule has 1 unspecified atom stereocenters. The molecule has 1 atom stereocenters. The van der Waals surface area contributed by atoms with E-state index < -0.39 is 0 Å². The molecule has 0 saturated heterocycles. The molecule has 0 spiro atoms. The monoisotopic (exact) mass is 299 g/mol. The van der Waals surface area contributed by atoms with Crippen LogP contribution in [0.25, 0.3) is 11.0 Å². The van der Waals surface area contributed by atoms with Crippen LogP contribution in [-0.2, 0) is 0 Å². The van der Waals surface area contributed by atoms with Gasteiger partial charge in [0.15, 0.2) is 5.76 Å². The van der Waals surface area contributed by atoms with Crippen LogP contribution in [0, 0.1) is 0 Å². The Bertz CT molecular complexity index is 744. The number of carbonyl (C=O) groups is 1. The van der Waals surface area contributed by atoms with Crippen molar-refractivity contribution in [2.45, 2.75) is 13.0 Å². The summed E-state index contributed by atoms with van der Waals surface area (Å²) < 4.78 is 5.55. The van der Waals surface area contributed by atoms with Crippen LogP contribution >= 0.6 is 11.6 Å². The van der Waals surface area contributed by atoms with E-state index in [0.717, 1.165) is 10.9 Å². The van der Waals surface area contributed by atoms with E-state index in [4.69, 9.17) is 16.0 Å². The highest BCUT2D eigenvalue weighted by molar-refractivity contribution is 6.30. The van der Waals surface area contributed by atoms with Gasteiger partial charge >= 0.3 is 0 Å². The smallest absolute Gasteiger partial charge is 0.287 e. The summed E-state index contributed by atoms with van der Waals surface area (Å²) in [4.78, 5) is 12.2. The fourth-order valence-electron chi connectivity index (χ4n) is 2.20. The van der Waals surface area contributed by atoms with Crippen molar-refractivity contribution >= 4 is 28.5 Å². The molecule has 0 aliphatic heterocycles. The minimum atomic E-state index is -0.228. The van der Waals surface area contributed by atoms with Gasteiger partial charge in [-0.3, -0.25) is 4.79 Å². The van der Waals surface area contributed by atoms with Crippen LogP contribution in [-0.4, -0.2) is 5.91 Å². The van der Waals surface area contributed by atoms with Gasteiger partial charge in [0, 0.05) is 10.4 Å². The second-order valence-electron chi connectivity index (χ2n) is 4.90. The molecule has 0 bridgehead atoms. The molecule has 1 heterocycles. The molecule has 0 aliphatic rings. The number of furan rings is 1. The second-order valence-corrected chi connectivity index (χ2v) is 5.33. The molecule has 106 valence electrons. The number of benzene rings is 2. The first-order valence-corrected chi connectivity index (χ1v) is 7.06. The van der Waals surface area contributed by atoms with Crippen molar-refractivity contribution < 1.29 is 9.21 Å². The highest BCUT2D eigenvalue weighted by Gasteiger charge is 2.15. The number of carbonyl (C=O) groups excluding carboxylic acids is 1. The molecule has 21 heavy (non-hydrogen) atoms. The number of nitrogens with one attached hydrogen (secondary N) is 1. The Morgan fingerprint density at radius 3 is 2.57 bits per heavy atom. The number of rotatable bonds is 3. The predicted octanol–water partition coefficient (Wildman–Crippen LogP) is 4.58. The van der Waals surface area contributed by atoms with Gasteiger partial charge in [-0.15, -0.1) is 0 Å². The van der Waals surface area contributed by atoms with Gasteiger partial charge in [-0.2, -0.15) is 0 Å². The lowest BCUT2D eigenvalue weighted by Gasteiger charge is -2.13. The molecule has 0 aliphatic carbocycles. The van der Waals surface area contributed by atoms with E-state index in [1.54, 1.807) is 18.2 Å². The van der Waals surface area contributed by atoms with Crippen molar-refractivity contribution in [2.75, 3.05) is 0 Å². The van der Waals surface area contributed by atoms with Gasteiger partial charge < -0.3 is 9.73 Å². The van der Waals surface area contributed by atoms with Crippen LogP contribution in [0.3, 0.4) is 0 Å². The van der Waals surface area contributed by atoms with Crippen molar-refractivity contribution in [3.63, 3.8) is 0 Å². The highest BCUT2D eigenvalue weighted by Crippen LogP contribution is 2.20. The third-order valence-corrected chi connectivity index (χ3v) is 3.62. The van der Waals surface area contributed by atoms with Crippen LogP contribution in [0.15, 0.2) is 59.0 Å². The topological polar surface area (TPSA) is 42.2 Å². The number of hydrogen-bond acceptors (Lipinski definition) is 2. The average molecular weight is 300 g/mol. The first-order chi connectivity index (χ1) is 10.1. The summed E-state index contributed by atoms with van der Waals surface area (Å²) in [7, 11) is 0. The molecule has 4 heteroatoms. The summed E-state index contributed by atoms with van der Waals surface area (Å²) in [6.45, 7) is 1.92. The largest absolute Gasteiger partial charge is 0.451 e. The van der Waals surface area contributed by atoms with E-state index in [-0.39, 0.29) is 11.9 Å². The van der Waals surface area contributed by atoms with E-state index in [9.17, 15) is 4.79 Å². The molecule has 2 aromatic carbocycles. The summed E-state index contributed by atoms with van der Waals surface area (Å²) >= 11 is 5.86. The highest BCUT2D eigenvalue weighted by atomic mass is 35.5. The Kier molecular flexibility index (Phi) is 3.67. The molecular formula is C17H14ClNO2. The molecule has 3 aromatic rings. The standard InChI is InChI=1S/C17H14ClNO2/c1-11(12-6-8-14(18)9-7-12)19-17(20)16-10-13-4-2-3-5-15(13)21-16/h2-11H,1H3,(H,19,20). The van der Waals surface area contributed by atoms with Gasteiger partial charge in [-0.25, -0.2) is 0 Å². The quantitative estimate of drug-likeness (QED) is 0.769. The molecule has 0 radical (unpaired) electrons. The van der Waals surface area contributed by atoms with E-state index in [0.29, 0.717) is 16.4 Å². The van der Waals surface area contributed by atoms with Crippen molar-refractivity contribution in [3.8, 4) is 0 Å². The van der Waals surface area contributed by atoms with Gasteiger partial charge in [-0.05, 0) is 36.8 Å². The van der Waals surface area contributed by atoms with E-state index in [1.165, 1.54) is 0 Å². The van der Waals surface area contributed by atoms with Crippen molar-refractivity contribution in [1.82, 2.24) is 5.32 Å². The van der Waals surface area contributed by atoms with Crippen LogP contribution in [0.5, 0.6) is 0 Å². The number of halogens is 1. The second kappa shape index (κ2) is 5.62. The number of fused-ring (bicyclic) bond motifs is 1. The summed E-state index contributed by atoms with van der Waals surface area (Å²) in [6.07, 6.45) is 0. The zero-order valence-corrected chi connectivity index (χ0v) is 12.2. The van der Waals surface area contributed by atoms with Gasteiger partial charge in [0.1, 0.15) is 5.58 Å². The van der Waals surface area contributed by atoms with Crippen LogP contribution in [0.1, 0.15) is 29.1 Å². The Labute approximate surface area is 127 Å². The molecule has 0 fully saturated rings. The fraction of sp³-hybridized carbons (Fsp3) is 0.118. The lowest BCUT2D eigenvalue weighted by Crippen LogP contribution is -2.26. The van der Waals surface area contributed by atoms with Gasteiger partial charge in [0.05, 0.1) is 6.04 Å². The van der Waals surface area contributed by atoms with Gasteiger partial charge in [0.2, 0.25) is 0 Å². The van der Waals surface area contributed by atoms with Crippen LogP contribution < -0.4 is 5.32 Å². The minimum absolute atomic E-state index is 0.122. The first-order valence-electron chi connectivity index (χ1n) is 6.68. The van der Waals surface area contributed by atoms with Gasteiger partial charge in [-0.1, -0.05) is 41.9 Å². The zero-order chi connectivity index (χ0) is 14.8. The normalized spacial score (nSPS) is 12.3. The van der Waals surface area contributed by atoms with E-state index >= 15 is 0 Å². The Hall–Kier alpha value is -2.26.